The molecule has 1 fully saturated rings. The van der Waals surface area contributed by atoms with Crippen LogP contribution in [0.15, 0.2) is 12.3 Å². The van der Waals surface area contributed by atoms with Crippen LogP contribution >= 0.6 is 0 Å². The number of aryl methyl sites for hydroxylation is 1. The van der Waals surface area contributed by atoms with Crippen LogP contribution in [0.25, 0.3) is 5.65 Å². The first-order chi connectivity index (χ1) is 7.29. The smallest absolute Gasteiger partial charge is 0.173 e. The van der Waals surface area contributed by atoms with Crippen LogP contribution in [0.1, 0.15) is 35.7 Å². The number of nitriles is 1. The molecule has 0 amide bonds. The summed E-state index contributed by atoms with van der Waals surface area (Å²) in [4.78, 5) is 4.36. The molecule has 0 aliphatic heterocycles. The lowest BCUT2D eigenvalue weighted by molar-refractivity contribution is 0.835. The van der Waals surface area contributed by atoms with E-state index in [-0.39, 0.29) is 0 Å². The lowest BCUT2D eigenvalue weighted by Gasteiger charge is -2.03. The standard InChI is InChI=1S/C11H10N4/c1-7-4-10(8-2-3-8)15-11(14-7)9(5-12)6-13-15/h4,6,8H,2-3H2,1H3. The van der Waals surface area contributed by atoms with Crippen molar-refractivity contribution in [2.45, 2.75) is 25.7 Å². The van der Waals surface area contributed by atoms with Gasteiger partial charge in [-0.2, -0.15) is 10.4 Å². The van der Waals surface area contributed by atoms with Gasteiger partial charge in [0.25, 0.3) is 0 Å². The first kappa shape index (κ1) is 8.42. The number of fused-ring (bicyclic) bond motifs is 1. The van der Waals surface area contributed by atoms with Gasteiger partial charge >= 0.3 is 0 Å². The average molecular weight is 198 g/mol. The first-order valence-corrected chi connectivity index (χ1v) is 5.05. The fourth-order valence-corrected chi connectivity index (χ4v) is 1.86. The van der Waals surface area contributed by atoms with Crippen LogP contribution in [0.5, 0.6) is 0 Å². The summed E-state index contributed by atoms with van der Waals surface area (Å²) in [6.45, 7) is 1.96. The SMILES string of the molecule is Cc1cc(C2CC2)n2ncc(C#N)c2n1. The topological polar surface area (TPSA) is 54.0 Å². The van der Waals surface area contributed by atoms with E-state index in [0.717, 1.165) is 5.69 Å². The van der Waals surface area contributed by atoms with E-state index < -0.39 is 0 Å². The van der Waals surface area contributed by atoms with E-state index in [1.165, 1.54) is 18.5 Å². The predicted octanol–water partition coefficient (Wildman–Crippen LogP) is 1.79. The van der Waals surface area contributed by atoms with Crippen molar-refractivity contribution >= 4 is 5.65 Å². The molecular weight excluding hydrogens is 188 g/mol. The summed E-state index contributed by atoms with van der Waals surface area (Å²) in [5.74, 6) is 0.612. The number of hydrogen-bond donors (Lipinski definition) is 0. The highest BCUT2D eigenvalue weighted by atomic mass is 15.3. The van der Waals surface area contributed by atoms with Crippen LogP contribution in [0.2, 0.25) is 0 Å². The van der Waals surface area contributed by atoms with Crippen molar-refractivity contribution in [1.82, 2.24) is 14.6 Å². The summed E-state index contributed by atoms with van der Waals surface area (Å²) in [7, 11) is 0. The van der Waals surface area contributed by atoms with Gasteiger partial charge in [-0.15, -0.1) is 0 Å². The molecule has 15 heavy (non-hydrogen) atoms. The maximum Gasteiger partial charge on any atom is 0.173 e. The molecule has 1 aliphatic carbocycles. The number of hydrogen-bond acceptors (Lipinski definition) is 3. The Balaban J connectivity index is 2.35. The van der Waals surface area contributed by atoms with Crippen LogP contribution in [0.3, 0.4) is 0 Å². The number of aromatic nitrogens is 3. The van der Waals surface area contributed by atoms with Crippen molar-refractivity contribution in [2.24, 2.45) is 0 Å². The minimum absolute atomic E-state index is 0.556. The highest BCUT2D eigenvalue weighted by Gasteiger charge is 2.27. The van der Waals surface area contributed by atoms with E-state index in [1.807, 2.05) is 11.4 Å². The molecule has 4 nitrogen and oxygen atoms in total. The third-order valence-electron chi connectivity index (χ3n) is 2.74. The Morgan fingerprint density at radius 2 is 2.33 bits per heavy atom. The molecule has 2 heterocycles. The van der Waals surface area contributed by atoms with Crippen molar-refractivity contribution in [2.75, 3.05) is 0 Å². The van der Waals surface area contributed by atoms with Gasteiger partial charge in [0.15, 0.2) is 5.65 Å². The zero-order chi connectivity index (χ0) is 10.4. The van der Waals surface area contributed by atoms with Gasteiger partial charge < -0.3 is 0 Å². The summed E-state index contributed by atoms with van der Waals surface area (Å²) in [5, 5.41) is 13.1. The summed E-state index contributed by atoms with van der Waals surface area (Å²) >= 11 is 0. The van der Waals surface area contributed by atoms with Crippen LogP contribution in [0, 0.1) is 18.3 Å². The van der Waals surface area contributed by atoms with Gasteiger partial charge in [0, 0.05) is 17.3 Å². The van der Waals surface area contributed by atoms with Crippen LogP contribution < -0.4 is 0 Å². The Hall–Kier alpha value is -1.89. The molecule has 0 radical (unpaired) electrons. The molecule has 1 saturated carbocycles. The Kier molecular flexibility index (Phi) is 1.57. The van der Waals surface area contributed by atoms with Crippen molar-refractivity contribution < 1.29 is 0 Å². The molecule has 2 aromatic heterocycles. The third-order valence-corrected chi connectivity index (χ3v) is 2.74. The number of nitrogens with zero attached hydrogens (tertiary/aromatic N) is 4. The highest BCUT2D eigenvalue weighted by Crippen LogP contribution is 2.40. The molecule has 0 saturated heterocycles. The van der Waals surface area contributed by atoms with Gasteiger partial charge in [-0.3, -0.25) is 0 Å². The van der Waals surface area contributed by atoms with Crippen LogP contribution in [0.4, 0.5) is 0 Å². The molecular formula is C11H10N4. The van der Waals surface area contributed by atoms with Crippen LogP contribution in [-0.4, -0.2) is 14.6 Å². The van der Waals surface area contributed by atoms with E-state index in [4.69, 9.17) is 5.26 Å². The quantitative estimate of drug-likeness (QED) is 0.701. The molecule has 2 aromatic rings. The highest BCUT2D eigenvalue weighted by molar-refractivity contribution is 5.55. The molecule has 4 heteroatoms. The van der Waals surface area contributed by atoms with E-state index >= 15 is 0 Å². The lowest BCUT2D eigenvalue weighted by Crippen LogP contribution is -2.00. The largest absolute Gasteiger partial charge is 0.233 e. The molecule has 0 spiro atoms. The Bertz CT molecular complexity index is 572. The molecule has 0 atom stereocenters. The monoisotopic (exact) mass is 198 g/mol. The Morgan fingerprint density at radius 1 is 1.53 bits per heavy atom. The molecule has 3 rings (SSSR count). The zero-order valence-electron chi connectivity index (χ0n) is 8.44. The number of rotatable bonds is 1. The van der Waals surface area contributed by atoms with Crippen molar-refractivity contribution in [3.63, 3.8) is 0 Å². The van der Waals surface area contributed by atoms with Gasteiger partial charge in [-0.1, -0.05) is 0 Å². The Morgan fingerprint density at radius 3 is 3.00 bits per heavy atom. The second kappa shape index (κ2) is 2.80. The van der Waals surface area contributed by atoms with Gasteiger partial charge in [-0.05, 0) is 25.8 Å². The Labute approximate surface area is 87.2 Å². The van der Waals surface area contributed by atoms with Gasteiger partial charge in [0.1, 0.15) is 11.6 Å². The fourth-order valence-electron chi connectivity index (χ4n) is 1.86. The summed E-state index contributed by atoms with van der Waals surface area (Å²) in [5.41, 5.74) is 3.40. The molecule has 74 valence electrons. The molecule has 0 unspecified atom stereocenters. The minimum Gasteiger partial charge on any atom is -0.233 e. The fraction of sp³-hybridized carbons (Fsp3) is 0.364. The van der Waals surface area contributed by atoms with E-state index in [0.29, 0.717) is 17.1 Å². The minimum atomic E-state index is 0.556. The maximum absolute atomic E-state index is 8.92. The first-order valence-electron chi connectivity index (χ1n) is 5.05. The average Bonchev–Trinajstić information content (AvgIpc) is 2.98. The van der Waals surface area contributed by atoms with E-state index in [9.17, 15) is 0 Å². The molecule has 0 N–H and O–H groups in total. The summed E-state index contributed by atoms with van der Waals surface area (Å²) in [6.07, 6.45) is 4.04. The third kappa shape index (κ3) is 1.20. The van der Waals surface area contributed by atoms with Crippen molar-refractivity contribution in [3.05, 3.63) is 29.2 Å². The predicted molar refractivity (Wildman–Crippen MR) is 54.4 cm³/mol. The van der Waals surface area contributed by atoms with Gasteiger partial charge in [0.2, 0.25) is 0 Å². The lowest BCUT2D eigenvalue weighted by atomic mass is 10.2. The van der Waals surface area contributed by atoms with Crippen molar-refractivity contribution in [3.8, 4) is 6.07 Å². The van der Waals surface area contributed by atoms with Crippen LogP contribution in [-0.2, 0) is 0 Å². The molecule has 0 bridgehead atoms. The van der Waals surface area contributed by atoms with E-state index in [2.05, 4.69) is 22.2 Å². The summed E-state index contributed by atoms with van der Waals surface area (Å²) < 4.78 is 1.81. The zero-order valence-corrected chi connectivity index (χ0v) is 8.44. The van der Waals surface area contributed by atoms with Gasteiger partial charge in [0.05, 0.1) is 6.20 Å². The summed E-state index contributed by atoms with van der Waals surface area (Å²) in [6, 6.07) is 4.19. The van der Waals surface area contributed by atoms with Crippen molar-refractivity contribution in [1.29, 1.82) is 5.26 Å². The second-order valence-electron chi connectivity index (χ2n) is 4.00. The second-order valence-corrected chi connectivity index (χ2v) is 4.00. The van der Waals surface area contributed by atoms with E-state index in [1.54, 1.807) is 6.20 Å². The molecule has 0 aromatic carbocycles. The normalized spacial score (nSPS) is 15.5. The van der Waals surface area contributed by atoms with Gasteiger partial charge in [-0.25, -0.2) is 9.50 Å². The molecule has 1 aliphatic rings. The maximum atomic E-state index is 8.92.